The van der Waals surface area contributed by atoms with E-state index in [9.17, 15) is 8.78 Å². The average molecular weight is 255 g/mol. The molecule has 2 rings (SSSR count). The normalized spacial score (nSPS) is 25.3. The van der Waals surface area contributed by atoms with Gasteiger partial charge in [-0.3, -0.25) is 0 Å². The molecule has 1 N–H and O–H groups in total. The van der Waals surface area contributed by atoms with E-state index in [0.29, 0.717) is 6.61 Å². The third-order valence-corrected chi connectivity index (χ3v) is 3.71. The van der Waals surface area contributed by atoms with Crippen molar-refractivity contribution in [2.75, 3.05) is 13.7 Å². The highest BCUT2D eigenvalue weighted by Crippen LogP contribution is 2.36. The molecule has 4 heteroatoms. The van der Waals surface area contributed by atoms with Crippen molar-refractivity contribution in [1.29, 1.82) is 0 Å². The number of nitrogens with one attached hydrogen (secondary N) is 1. The smallest absolute Gasteiger partial charge is 0.130 e. The predicted octanol–water partition coefficient (Wildman–Crippen LogP) is 3.04. The molecule has 0 saturated carbocycles. The maximum Gasteiger partial charge on any atom is 0.130 e. The van der Waals surface area contributed by atoms with Crippen molar-refractivity contribution in [2.45, 2.75) is 31.9 Å². The van der Waals surface area contributed by atoms with Crippen LogP contribution in [0.1, 0.15) is 31.4 Å². The van der Waals surface area contributed by atoms with Crippen molar-refractivity contribution in [3.8, 4) is 0 Å². The van der Waals surface area contributed by atoms with Crippen LogP contribution in [-0.4, -0.2) is 19.8 Å². The number of ether oxygens (including phenoxy) is 1. The molecule has 0 amide bonds. The van der Waals surface area contributed by atoms with Crippen LogP contribution in [0, 0.1) is 17.6 Å². The Balaban J connectivity index is 2.33. The molecule has 18 heavy (non-hydrogen) atoms. The van der Waals surface area contributed by atoms with Crippen LogP contribution >= 0.6 is 0 Å². The van der Waals surface area contributed by atoms with Crippen molar-refractivity contribution in [3.05, 3.63) is 35.4 Å². The molecule has 0 bridgehead atoms. The minimum Gasteiger partial charge on any atom is -0.378 e. The first-order valence-electron chi connectivity index (χ1n) is 6.41. The molecule has 3 unspecified atom stereocenters. The molecule has 1 aromatic rings. The van der Waals surface area contributed by atoms with Gasteiger partial charge in [-0.05, 0) is 32.0 Å². The van der Waals surface area contributed by atoms with Crippen molar-refractivity contribution in [3.63, 3.8) is 0 Å². The molecule has 1 aliphatic rings. The van der Waals surface area contributed by atoms with E-state index in [2.05, 4.69) is 5.32 Å². The van der Waals surface area contributed by atoms with Crippen LogP contribution in [0.2, 0.25) is 0 Å². The summed E-state index contributed by atoms with van der Waals surface area (Å²) in [5, 5.41) is 3.05. The average Bonchev–Trinajstić information content (AvgIpc) is 2.82. The maximum atomic E-state index is 13.9. The van der Waals surface area contributed by atoms with Gasteiger partial charge in [0.25, 0.3) is 0 Å². The Labute approximate surface area is 106 Å². The lowest BCUT2D eigenvalue weighted by Gasteiger charge is -2.27. The van der Waals surface area contributed by atoms with E-state index in [1.165, 1.54) is 18.2 Å². The number of halogens is 2. The summed E-state index contributed by atoms with van der Waals surface area (Å²) in [4.78, 5) is 0. The van der Waals surface area contributed by atoms with Gasteiger partial charge in [0.1, 0.15) is 11.6 Å². The second kappa shape index (κ2) is 5.76. The standard InChI is InChI=1S/C14H19F2NO/c1-3-12-9(7-8-18-12)14(17-2)13-10(15)5-4-6-11(13)16/h4-6,9,12,14,17H,3,7-8H2,1-2H3. The van der Waals surface area contributed by atoms with Gasteiger partial charge in [0.15, 0.2) is 0 Å². The van der Waals surface area contributed by atoms with Crippen LogP contribution in [0.5, 0.6) is 0 Å². The van der Waals surface area contributed by atoms with E-state index in [4.69, 9.17) is 4.74 Å². The lowest BCUT2D eigenvalue weighted by Crippen LogP contribution is -2.32. The highest BCUT2D eigenvalue weighted by molar-refractivity contribution is 5.24. The highest BCUT2D eigenvalue weighted by atomic mass is 19.1. The predicted molar refractivity (Wildman–Crippen MR) is 66.3 cm³/mol. The van der Waals surface area contributed by atoms with Gasteiger partial charge in [0.05, 0.1) is 6.10 Å². The molecule has 1 aromatic carbocycles. The molecule has 0 aromatic heterocycles. The Bertz CT molecular complexity index is 391. The lowest BCUT2D eigenvalue weighted by molar-refractivity contribution is 0.0774. The van der Waals surface area contributed by atoms with Gasteiger partial charge in [0, 0.05) is 24.1 Å². The summed E-state index contributed by atoms with van der Waals surface area (Å²) in [7, 11) is 1.74. The summed E-state index contributed by atoms with van der Waals surface area (Å²) in [6.45, 7) is 2.70. The first-order valence-corrected chi connectivity index (χ1v) is 6.41. The van der Waals surface area contributed by atoms with Gasteiger partial charge >= 0.3 is 0 Å². The first-order chi connectivity index (χ1) is 8.69. The number of hydrogen-bond donors (Lipinski definition) is 1. The van der Waals surface area contributed by atoms with Crippen molar-refractivity contribution >= 4 is 0 Å². The SMILES string of the molecule is CCC1OCCC1C(NC)c1c(F)cccc1F. The van der Waals surface area contributed by atoms with Crippen LogP contribution in [0.25, 0.3) is 0 Å². The van der Waals surface area contributed by atoms with Crippen LogP contribution in [-0.2, 0) is 4.74 Å². The van der Waals surface area contributed by atoms with E-state index in [-0.39, 0.29) is 23.6 Å². The molecule has 100 valence electrons. The van der Waals surface area contributed by atoms with Crippen molar-refractivity contribution < 1.29 is 13.5 Å². The Kier molecular flexibility index (Phi) is 4.30. The van der Waals surface area contributed by atoms with Gasteiger partial charge in [-0.2, -0.15) is 0 Å². The third-order valence-electron chi connectivity index (χ3n) is 3.71. The number of rotatable bonds is 4. The third kappa shape index (κ3) is 2.40. The Morgan fingerprint density at radius 1 is 1.39 bits per heavy atom. The zero-order chi connectivity index (χ0) is 13.1. The molecule has 0 radical (unpaired) electrons. The van der Waals surface area contributed by atoms with Gasteiger partial charge < -0.3 is 10.1 Å². The van der Waals surface area contributed by atoms with Gasteiger partial charge in [-0.1, -0.05) is 13.0 Å². The minimum absolute atomic E-state index is 0.0708. The number of hydrogen-bond acceptors (Lipinski definition) is 2. The molecule has 1 aliphatic heterocycles. The fourth-order valence-corrected chi connectivity index (χ4v) is 2.85. The van der Waals surface area contributed by atoms with Crippen LogP contribution < -0.4 is 5.32 Å². The lowest BCUT2D eigenvalue weighted by atomic mass is 9.86. The summed E-state index contributed by atoms with van der Waals surface area (Å²) in [5.74, 6) is -0.862. The molecule has 3 atom stereocenters. The number of benzene rings is 1. The van der Waals surface area contributed by atoms with Crippen molar-refractivity contribution in [2.24, 2.45) is 5.92 Å². The van der Waals surface area contributed by atoms with Gasteiger partial charge in [-0.25, -0.2) is 8.78 Å². The van der Waals surface area contributed by atoms with E-state index in [1.54, 1.807) is 7.05 Å². The van der Waals surface area contributed by atoms with Crippen LogP contribution in [0.4, 0.5) is 8.78 Å². The molecule has 1 heterocycles. The van der Waals surface area contributed by atoms with E-state index in [0.717, 1.165) is 12.8 Å². The van der Waals surface area contributed by atoms with Crippen molar-refractivity contribution in [1.82, 2.24) is 5.32 Å². The van der Waals surface area contributed by atoms with E-state index >= 15 is 0 Å². The maximum absolute atomic E-state index is 13.9. The van der Waals surface area contributed by atoms with Gasteiger partial charge in [-0.15, -0.1) is 0 Å². The zero-order valence-electron chi connectivity index (χ0n) is 10.7. The summed E-state index contributed by atoms with van der Waals surface area (Å²) in [6.07, 6.45) is 1.76. The Morgan fingerprint density at radius 3 is 2.61 bits per heavy atom. The van der Waals surface area contributed by atoms with Crippen LogP contribution in [0.3, 0.4) is 0 Å². The summed E-state index contributed by atoms with van der Waals surface area (Å²) in [6, 6.07) is 3.67. The molecular formula is C14H19F2NO. The van der Waals surface area contributed by atoms with E-state index < -0.39 is 11.6 Å². The highest BCUT2D eigenvalue weighted by Gasteiger charge is 2.36. The summed E-state index contributed by atoms with van der Waals surface area (Å²) in [5.41, 5.74) is 0.133. The summed E-state index contributed by atoms with van der Waals surface area (Å²) < 4.78 is 33.3. The largest absolute Gasteiger partial charge is 0.378 e. The monoisotopic (exact) mass is 255 g/mol. The first kappa shape index (κ1) is 13.4. The molecule has 1 saturated heterocycles. The molecule has 0 spiro atoms. The zero-order valence-corrected chi connectivity index (χ0v) is 10.7. The Morgan fingerprint density at radius 2 is 2.06 bits per heavy atom. The summed E-state index contributed by atoms with van der Waals surface area (Å²) >= 11 is 0. The van der Waals surface area contributed by atoms with Gasteiger partial charge in [0.2, 0.25) is 0 Å². The minimum atomic E-state index is -0.490. The fraction of sp³-hybridized carbons (Fsp3) is 0.571. The second-order valence-corrected chi connectivity index (χ2v) is 4.67. The molecule has 2 nitrogen and oxygen atoms in total. The molecule has 1 fully saturated rings. The van der Waals surface area contributed by atoms with E-state index in [1.807, 2.05) is 6.92 Å². The second-order valence-electron chi connectivity index (χ2n) is 4.67. The fourth-order valence-electron chi connectivity index (χ4n) is 2.85. The molecule has 0 aliphatic carbocycles. The Hall–Kier alpha value is -1.00. The quantitative estimate of drug-likeness (QED) is 0.893. The molecular weight excluding hydrogens is 236 g/mol. The topological polar surface area (TPSA) is 21.3 Å². The van der Waals surface area contributed by atoms with Crippen LogP contribution in [0.15, 0.2) is 18.2 Å².